The van der Waals surface area contributed by atoms with Crippen LogP contribution < -0.4 is 4.90 Å². The van der Waals surface area contributed by atoms with Crippen LogP contribution in [0.2, 0.25) is 0 Å². The third-order valence-corrected chi connectivity index (χ3v) is 3.93. The van der Waals surface area contributed by atoms with Crippen molar-refractivity contribution in [2.75, 3.05) is 31.1 Å². The Balaban J connectivity index is 1.51. The third kappa shape index (κ3) is 3.57. The molecule has 1 aromatic carbocycles. The van der Waals surface area contributed by atoms with E-state index in [2.05, 4.69) is 26.9 Å². The Hall–Kier alpha value is -2.08. The number of hydrogen-bond donors (Lipinski definition) is 1. The molecule has 6 heteroatoms. The smallest absolute Gasteiger partial charge is 0.240 e. The average molecular weight is 302 g/mol. The summed E-state index contributed by atoms with van der Waals surface area (Å²) in [6.07, 6.45) is 1.91. The molecule has 1 fully saturated rings. The van der Waals surface area contributed by atoms with Crippen molar-refractivity contribution < 1.29 is 9.63 Å². The molecule has 0 amide bonds. The highest BCUT2D eigenvalue weighted by Gasteiger charge is 2.19. The van der Waals surface area contributed by atoms with Crippen LogP contribution in [0, 0.1) is 0 Å². The first-order valence-corrected chi connectivity index (χ1v) is 7.82. The van der Waals surface area contributed by atoms with Crippen LogP contribution in [0.3, 0.4) is 0 Å². The molecule has 118 valence electrons. The summed E-state index contributed by atoms with van der Waals surface area (Å²) in [5.74, 6) is 1.82. The molecule has 0 spiro atoms. The van der Waals surface area contributed by atoms with Gasteiger partial charge >= 0.3 is 0 Å². The molecule has 1 saturated heterocycles. The Morgan fingerprint density at radius 3 is 2.55 bits per heavy atom. The summed E-state index contributed by atoms with van der Waals surface area (Å²) in [5, 5.41) is 13.3. The van der Waals surface area contributed by atoms with E-state index in [9.17, 15) is 5.11 Å². The van der Waals surface area contributed by atoms with Gasteiger partial charge in [0.25, 0.3) is 0 Å². The fourth-order valence-corrected chi connectivity index (χ4v) is 2.70. The van der Waals surface area contributed by atoms with E-state index in [-0.39, 0.29) is 0 Å². The number of hydrogen-bond acceptors (Lipinski definition) is 6. The maximum Gasteiger partial charge on any atom is 0.240 e. The second-order valence-corrected chi connectivity index (χ2v) is 5.63. The van der Waals surface area contributed by atoms with Gasteiger partial charge in [-0.2, -0.15) is 4.98 Å². The number of phenols is 1. The van der Waals surface area contributed by atoms with E-state index in [4.69, 9.17) is 4.52 Å². The average Bonchev–Trinajstić information content (AvgIpc) is 2.97. The van der Waals surface area contributed by atoms with Gasteiger partial charge in [-0.05, 0) is 30.7 Å². The van der Waals surface area contributed by atoms with E-state index in [1.54, 1.807) is 12.1 Å². The van der Waals surface area contributed by atoms with Gasteiger partial charge in [0, 0.05) is 38.3 Å². The first-order chi connectivity index (χ1) is 10.7. The van der Waals surface area contributed by atoms with Crippen molar-refractivity contribution in [2.24, 2.45) is 0 Å². The summed E-state index contributed by atoms with van der Waals surface area (Å²) >= 11 is 0. The lowest BCUT2D eigenvalue weighted by molar-refractivity contribution is 0.215. The first-order valence-electron chi connectivity index (χ1n) is 7.82. The molecule has 2 aromatic rings. The normalized spacial score (nSPS) is 16.1. The van der Waals surface area contributed by atoms with Crippen molar-refractivity contribution in [3.05, 3.63) is 36.0 Å². The highest BCUT2D eigenvalue weighted by atomic mass is 16.5. The molecule has 22 heavy (non-hydrogen) atoms. The highest BCUT2D eigenvalue weighted by molar-refractivity contribution is 5.49. The number of anilines is 1. The first kappa shape index (κ1) is 14.8. The predicted molar refractivity (Wildman–Crippen MR) is 83.9 cm³/mol. The topological polar surface area (TPSA) is 65.6 Å². The van der Waals surface area contributed by atoms with Crippen LogP contribution >= 0.6 is 0 Å². The van der Waals surface area contributed by atoms with Gasteiger partial charge in [0.05, 0.1) is 6.54 Å². The predicted octanol–water partition coefficient (Wildman–Crippen LogP) is 2.05. The molecule has 0 saturated carbocycles. The van der Waals surface area contributed by atoms with Gasteiger partial charge in [0.15, 0.2) is 5.82 Å². The molecule has 0 radical (unpaired) electrons. The van der Waals surface area contributed by atoms with Gasteiger partial charge in [0.2, 0.25) is 5.89 Å². The summed E-state index contributed by atoms with van der Waals surface area (Å²) in [4.78, 5) is 9.08. The molecule has 6 nitrogen and oxygen atoms in total. The van der Waals surface area contributed by atoms with Gasteiger partial charge in [0.1, 0.15) is 5.75 Å². The van der Waals surface area contributed by atoms with Crippen LogP contribution in [-0.2, 0) is 13.0 Å². The maximum absolute atomic E-state index is 9.35. The zero-order chi connectivity index (χ0) is 15.4. The van der Waals surface area contributed by atoms with E-state index >= 15 is 0 Å². The monoisotopic (exact) mass is 302 g/mol. The summed E-state index contributed by atoms with van der Waals surface area (Å²) in [6, 6.07) is 7.38. The molecule has 0 unspecified atom stereocenters. The zero-order valence-corrected chi connectivity index (χ0v) is 12.9. The van der Waals surface area contributed by atoms with E-state index in [0.29, 0.717) is 11.6 Å². The lowest BCUT2D eigenvalue weighted by Gasteiger charge is -2.35. The fraction of sp³-hybridized carbons (Fsp3) is 0.500. The Morgan fingerprint density at radius 2 is 1.86 bits per heavy atom. The lowest BCUT2D eigenvalue weighted by Crippen LogP contribution is -2.46. The van der Waals surface area contributed by atoms with Gasteiger partial charge in [-0.25, -0.2) is 0 Å². The van der Waals surface area contributed by atoms with Crippen LogP contribution in [0.25, 0.3) is 0 Å². The second kappa shape index (κ2) is 6.79. The standard InChI is InChI=1S/C16H22N4O2/c1-2-3-15-17-16(22-18-15)12-19-8-10-20(11-9-19)13-4-6-14(21)7-5-13/h4-7,21H,2-3,8-12H2,1H3. The number of aryl methyl sites for hydroxylation is 1. The lowest BCUT2D eigenvalue weighted by atomic mass is 10.2. The van der Waals surface area contributed by atoms with Crippen LogP contribution in [0.4, 0.5) is 5.69 Å². The SMILES string of the molecule is CCCc1noc(CN2CCN(c3ccc(O)cc3)CC2)n1. The number of aromatic hydroxyl groups is 1. The van der Waals surface area contributed by atoms with Crippen molar-refractivity contribution in [1.29, 1.82) is 0 Å². The Bertz CT molecular complexity index is 588. The molecule has 1 aromatic heterocycles. The minimum atomic E-state index is 0.307. The second-order valence-electron chi connectivity index (χ2n) is 5.63. The summed E-state index contributed by atoms with van der Waals surface area (Å²) in [5.41, 5.74) is 1.15. The van der Waals surface area contributed by atoms with Crippen LogP contribution in [-0.4, -0.2) is 46.3 Å². The number of piperazine rings is 1. The molecule has 2 heterocycles. The number of aromatic nitrogens is 2. The van der Waals surface area contributed by atoms with Crippen molar-refractivity contribution in [3.63, 3.8) is 0 Å². The molecule has 0 atom stereocenters. The van der Waals surface area contributed by atoms with Crippen molar-refractivity contribution in [1.82, 2.24) is 15.0 Å². The molecule has 1 aliphatic rings. The van der Waals surface area contributed by atoms with Gasteiger partial charge in [-0.3, -0.25) is 4.90 Å². The van der Waals surface area contributed by atoms with Gasteiger partial charge in [-0.15, -0.1) is 0 Å². The van der Waals surface area contributed by atoms with Crippen LogP contribution in [0.1, 0.15) is 25.1 Å². The minimum absolute atomic E-state index is 0.307. The summed E-state index contributed by atoms with van der Waals surface area (Å²) in [6.45, 7) is 6.68. The summed E-state index contributed by atoms with van der Waals surface area (Å²) < 4.78 is 5.30. The zero-order valence-electron chi connectivity index (χ0n) is 12.9. The molecule has 0 bridgehead atoms. The van der Waals surface area contributed by atoms with E-state index in [1.165, 1.54) is 0 Å². The van der Waals surface area contributed by atoms with Crippen molar-refractivity contribution in [2.45, 2.75) is 26.3 Å². The van der Waals surface area contributed by atoms with Crippen LogP contribution in [0.15, 0.2) is 28.8 Å². The third-order valence-electron chi connectivity index (χ3n) is 3.93. The Morgan fingerprint density at radius 1 is 1.14 bits per heavy atom. The maximum atomic E-state index is 9.35. The molecule has 1 N–H and O–H groups in total. The molecule has 1 aliphatic heterocycles. The number of rotatable bonds is 5. The molecule has 3 rings (SSSR count). The van der Waals surface area contributed by atoms with Crippen molar-refractivity contribution >= 4 is 5.69 Å². The van der Waals surface area contributed by atoms with Crippen LogP contribution in [0.5, 0.6) is 5.75 Å². The quantitative estimate of drug-likeness (QED) is 0.912. The van der Waals surface area contributed by atoms with Crippen molar-refractivity contribution in [3.8, 4) is 5.75 Å². The number of phenolic OH excluding ortho intramolecular Hbond substituents is 1. The fourth-order valence-electron chi connectivity index (χ4n) is 2.70. The summed E-state index contributed by atoms with van der Waals surface area (Å²) in [7, 11) is 0. The van der Waals surface area contributed by atoms with E-state index in [1.807, 2.05) is 12.1 Å². The molecular weight excluding hydrogens is 280 g/mol. The highest BCUT2D eigenvalue weighted by Crippen LogP contribution is 2.20. The van der Waals surface area contributed by atoms with E-state index in [0.717, 1.165) is 57.1 Å². The minimum Gasteiger partial charge on any atom is -0.508 e. The van der Waals surface area contributed by atoms with E-state index < -0.39 is 0 Å². The Labute approximate surface area is 130 Å². The largest absolute Gasteiger partial charge is 0.508 e. The van der Waals surface area contributed by atoms with Gasteiger partial charge < -0.3 is 14.5 Å². The van der Waals surface area contributed by atoms with Gasteiger partial charge in [-0.1, -0.05) is 12.1 Å². The number of benzene rings is 1. The Kier molecular flexibility index (Phi) is 4.58. The molecule has 0 aliphatic carbocycles. The number of nitrogens with zero attached hydrogens (tertiary/aromatic N) is 4. The molecular formula is C16H22N4O2.